The Morgan fingerprint density at radius 1 is 1.25 bits per heavy atom. The van der Waals surface area contributed by atoms with Crippen LogP contribution in [0.2, 0.25) is 0 Å². The molecule has 0 aromatic carbocycles. The van der Waals surface area contributed by atoms with Crippen molar-refractivity contribution in [3.8, 4) is 11.4 Å². The second-order valence-corrected chi connectivity index (χ2v) is 13.8. The maximum Gasteiger partial charge on any atom is 0.342 e. The predicted molar refractivity (Wildman–Crippen MR) is 200 cm³/mol. The van der Waals surface area contributed by atoms with Gasteiger partial charge in [-0.3, -0.25) is 24.6 Å². The number of halogens is 1. The highest BCUT2D eigenvalue weighted by molar-refractivity contribution is 6.40. The highest BCUT2D eigenvalue weighted by Gasteiger charge is 2.49. The maximum atomic E-state index is 13.9. The molecule has 288 valence electrons. The number of esters is 1. The number of cyclic esters (lactones) is 1. The molecule has 2 aliphatic heterocycles. The number of carbonyl (C=O) groups excluding carboxylic acids is 4. The molecular weight excluding hydrogens is 713 g/mol. The van der Waals surface area contributed by atoms with Crippen LogP contribution in [0.3, 0.4) is 0 Å². The molecule has 3 atom stereocenters. The van der Waals surface area contributed by atoms with E-state index >= 15 is 0 Å². The molecule has 2 aliphatic carbocycles. The average molecular weight is 756 g/mol. The number of ketones is 1. The fourth-order valence-corrected chi connectivity index (χ4v) is 7.66. The molecule has 5 N–H and O–H groups in total. The number of pyridine rings is 2. The average Bonchev–Trinajstić information content (AvgIpc) is 3.56. The lowest BCUT2D eigenvalue weighted by Crippen LogP contribution is -2.44. The summed E-state index contributed by atoms with van der Waals surface area (Å²) in [5.41, 5.74) is 8.07. The molecular formula is C39H42FN7O8. The van der Waals surface area contributed by atoms with Gasteiger partial charge in [0.05, 0.1) is 60.8 Å². The predicted octanol–water partition coefficient (Wildman–Crippen LogP) is 3.71. The highest BCUT2D eigenvalue weighted by Crippen LogP contribution is 2.47. The van der Waals surface area contributed by atoms with Crippen LogP contribution in [0, 0.1) is 10.3 Å². The van der Waals surface area contributed by atoms with Crippen molar-refractivity contribution >= 4 is 40.9 Å². The molecule has 55 heavy (non-hydrogen) atoms. The molecule has 16 heteroatoms. The molecule has 0 saturated carbocycles. The zero-order chi connectivity index (χ0) is 39.4. The zero-order valence-corrected chi connectivity index (χ0v) is 30.5. The molecule has 15 nitrogen and oxygen atoms in total. The van der Waals surface area contributed by atoms with Crippen molar-refractivity contribution in [2.75, 3.05) is 19.8 Å². The number of rotatable bonds is 14. The number of nitrogens with zero attached hydrogens (tertiary/aromatic N) is 3. The summed E-state index contributed by atoms with van der Waals surface area (Å²) in [6.45, 7) is 1.73. The normalized spacial score (nSPS) is 20.8. The van der Waals surface area contributed by atoms with Crippen LogP contribution in [0.5, 0.6) is 0 Å². The molecule has 1 unspecified atom stereocenters. The summed E-state index contributed by atoms with van der Waals surface area (Å²) in [5.74, 6) is -2.61. The van der Waals surface area contributed by atoms with Gasteiger partial charge >= 0.3 is 5.97 Å². The Morgan fingerprint density at radius 3 is 2.75 bits per heavy atom. The zero-order valence-electron chi connectivity index (χ0n) is 30.5. The van der Waals surface area contributed by atoms with E-state index in [2.05, 4.69) is 15.8 Å². The molecule has 0 bridgehead atoms. The van der Waals surface area contributed by atoms with Crippen molar-refractivity contribution in [1.82, 2.24) is 20.2 Å². The van der Waals surface area contributed by atoms with Crippen molar-refractivity contribution in [3.63, 3.8) is 0 Å². The lowest BCUT2D eigenvalue weighted by atomic mass is 9.79. The van der Waals surface area contributed by atoms with Crippen LogP contribution < -0.4 is 21.9 Å². The van der Waals surface area contributed by atoms with Crippen LogP contribution in [0.1, 0.15) is 91.9 Å². The SMILES string of the molecule is C/C=C1\CC[C@H](NC(=O)COCC(=N)C(=O)CNC(=O)C(N)CC2=CC=CCC2)c2c3c(nc(/C=C/F)c21)-c1cc2c(c(=O)n1C3)COC(=O)[C@@]2(CC)N=O. The standard InChI is InChI=1S/C39H42FN7O8/c1-3-22-10-11-28(44-32(49)20-54-19-27(42)31(48)16-43-36(50)26(41)14-21-8-6-5-7-9-21)34-23-17-47-30(35(23)45-29(12-13-40)33(22)34)15-25-24(37(47)51)18-55-38(52)39(25,4-2)46-53/h3,5-6,8,12-13,15,26,28,42H,4,7,9-11,14,16-20,41H2,1-2H3,(H,43,50)(H,44,49)/b13-12+,22-3+,42-27?/t26?,28-,39-/m0/s1. The Hall–Kier alpha value is -5.74. The number of allylic oxidation sites excluding steroid dienone is 5. The Kier molecular flexibility index (Phi) is 11.6. The third kappa shape index (κ3) is 7.38. The van der Waals surface area contributed by atoms with Crippen LogP contribution in [0.25, 0.3) is 23.0 Å². The van der Waals surface area contributed by atoms with E-state index in [-0.39, 0.29) is 36.4 Å². The Labute approximate surface area is 315 Å². The summed E-state index contributed by atoms with van der Waals surface area (Å²) < 4.78 is 26.0. The number of hydrogen-bond donors (Lipinski definition) is 4. The van der Waals surface area contributed by atoms with E-state index in [4.69, 9.17) is 25.6 Å². The summed E-state index contributed by atoms with van der Waals surface area (Å²) in [6, 6.07) is 0.0888. The van der Waals surface area contributed by atoms with Gasteiger partial charge in [0.2, 0.25) is 17.4 Å². The number of nitrogens with two attached hydrogens (primary N) is 1. The van der Waals surface area contributed by atoms with Crippen molar-refractivity contribution in [2.24, 2.45) is 10.9 Å². The monoisotopic (exact) mass is 755 g/mol. The summed E-state index contributed by atoms with van der Waals surface area (Å²) >= 11 is 0. The molecule has 6 rings (SSSR count). The number of nitroso groups, excluding NO2 is 1. The van der Waals surface area contributed by atoms with Gasteiger partial charge in [0.1, 0.15) is 18.9 Å². The van der Waals surface area contributed by atoms with Gasteiger partial charge in [-0.25, -0.2) is 14.2 Å². The van der Waals surface area contributed by atoms with Gasteiger partial charge in [0.25, 0.3) is 5.56 Å². The number of fused-ring (bicyclic) bond motifs is 6. The summed E-state index contributed by atoms with van der Waals surface area (Å²) in [4.78, 5) is 81.9. The fraction of sp³-hybridized carbons (Fsp3) is 0.410. The first kappa shape index (κ1) is 39.0. The number of aromatic nitrogens is 2. The quantitative estimate of drug-likeness (QED) is 0.106. The second-order valence-electron chi connectivity index (χ2n) is 13.8. The van der Waals surface area contributed by atoms with E-state index in [1.54, 1.807) is 13.0 Å². The Bertz CT molecular complexity index is 2170. The van der Waals surface area contributed by atoms with Crippen molar-refractivity contribution < 1.29 is 33.0 Å². The van der Waals surface area contributed by atoms with Crippen molar-refractivity contribution in [1.29, 1.82) is 5.41 Å². The van der Waals surface area contributed by atoms with E-state index < -0.39 is 72.2 Å². The first-order chi connectivity index (χ1) is 26.5. The first-order valence-electron chi connectivity index (χ1n) is 18.1. The fourth-order valence-electron chi connectivity index (χ4n) is 7.66. The van der Waals surface area contributed by atoms with Gasteiger partial charge in [-0.05, 0) is 73.9 Å². The Balaban J connectivity index is 1.18. The van der Waals surface area contributed by atoms with E-state index in [1.807, 2.05) is 31.2 Å². The van der Waals surface area contributed by atoms with Crippen LogP contribution >= 0.6 is 0 Å². The smallest absolute Gasteiger partial charge is 0.342 e. The van der Waals surface area contributed by atoms with E-state index in [0.717, 1.165) is 24.0 Å². The van der Waals surface area contributed by atoms with Crippen LogP contribution in [-0.2, 0) is 47.3 Å². The minimum atomic E-state index is -1.91. The van der Waals surface area contributed by atoms with Gasteiger partial charge in [-0.1, -0.05) is 36.8 Å². The van der Waals surface area contributed by atoms with Gasteiger partial charge in [-0.15, -0.1) is 4.91 Å². The number of carbonyl (C=O) groups is 4. The molecule has 4 heterocycles. The minimum Gasteiger partial charge on any atom is -0.458 e. The van der Waals surface area contributed by atoms with E-state index in [1.165, 1.54) is 10.6 Å². The van der Waals surface area contributed by atoms with Crippen LogP contribution in [0.15, 0.2) is 52.2 Å². The minimum absolute atomic E-state index is 0.0394. The molecule has 0 fully saturated rings. The molecule has 2 aromatic heterocycles. The number of nitrogens with one attached hydrogen (secondary N) is 3. The third-order valence-corrected chi connectivity index (χ3v) is 10.6. The Morgan fingerprint density at radius 2 is 2.05 bits per heavy atom. The summed E-state index contributed by atoms with van der Waals surface area (Å²) in [5, 5.41) is 16.7. The van der Waals surface area contributed by atoms with Gasteiger partial charge < -0.3 is 30.4 Å². The number of Topliss-reactive ketones (excluding diaryl/α,β-unsaturated/α-hetero) is 1. The van der Waals surface area contributed by atoms with Gasteiger partial charge in [0, 0.05) is 16.7 Å². The topological polar surface area (TPSA) is 225 Å². The van der Waals surface area contributed by atoms with Gasteiger partial charge in [0.15, 0.2) is 5.78 Å². The molecule has 0 saturated heterocycles. The number of amides is 2. The third-order valence-electron chi connectivity index (χ3n) is 10.6. The summed E-state index contributed by atoms with van der Waals surface area (Å²) in [6.07, 6.45) is 12.2. The second kappa shape index (κ2) is 16.3. The van der Waals surface area contributed by atoms with Crippen molar-refractivity contribution in [2.45, 2.75) is 83.1 Å². The molecule has 0 spiro atoms. The first-order valence-corrected chi connectivity index (χ1v) is 18.1. The molecule has 2 amide bonds. The van der Waals surface area contributed by atoms with Crippen LogP contribution in [-0.4, -0.2) is 64.6 Å². The number of ether oxygens (including phenoxy) is 2. The lowest BCUT2D eigenvalue weighted by Gasteiger charge is -2.31. The lowest BCUT2D eigenvalue weighted by molar-refractivity contribution is -0.154. The molecule has 2 aromatic rings. The molecule has 4 aliphatic rings. The number of hydrogen-bond acceptors (Lipinski definition) is 12. The summed E-state index contributed by atoms with van der Waals surface area (Å²) in [7, 11) is 0. The maximum absolute atomic E-state index is 13.9. The van der Waals surface area contributed by atoms with E-state index in [9.17, 15) is 33.3 Å². The van der Waals surface area contributed by atoms with Gasteiger partial charge in [-0.2, -0.15) is 0 Å². The van der Waals surface area contributed by atoms with Crippen LogP contribution in [0.4, 0.5) is 4.39 Å². The highest BCUT2D eigenvalue weighted by atomic mass is 19.1. The molecule has 0 radical (unpaired) electrons. The largest absolute Gasteiger partial charge is 0.458 e. The van der Waals surface area contributed by atoms with Crippen molar-refractivity contribution in [3.05, 3.63) is 91.0 Å². The van der Waals surface area contributed by atoms with E-state index in [0.29, 0.717) is 53.7 Å².